The molecular formula is C12H15N3S. The second-order valence-electron chi connectivity index (χ2n) is 4.89. The molecule has 0 spiro atoms. The van der Waals surface area contributed by atoms with Crippen molar-refractivity contribution in [2.45, 2.75) is 19.8 Å². The molecular weight excluding hydrogens is 218 g/mol. The van der Waals surface area contributed by atoms with Crippen molar-refractivity contribution in [3.63, 3.8) is 0 Å². The van der Waals surface area contributed by atoms with Crippen LogP contribution in [0.25, 0.3) is 10.2 Å². The highest BCUT2D eigenvalue weighted by atomic mass is 32.1. The van der Waals surface area contributed by atoms with E-state index in [2.05, 4.69) is 29.4 Å². The molecule has 1 aromatic carbocycles. The zero-order valence-corrected chi connectivity index (χ0v) is 10.1. The predicted molar refractivity (Wildman–Crippen MR) is 69.9 cm³/mol. The van der Waals surface area contributed by atoms with Gasteiger partial charge in [0.15, 0.2) is 0 Å². The molecule has 2 aromatic rings. The second-order valence-corrected chi connectivity index (χ2v) is 5.78. The van der Waals surface area contributed by atoms with Crippen molar-refractivity contribution < 1.29 is 0 Å². The van der Waals surface area contributed by atoms with Gasteiger partial charge in [-0.2, -0.15) is 0 Å². The van der Waals surface area contributed by atoms with Gasteiger partial charge in [-0.05, 0) is 30.4 Å². The fraction of sp³-hybridized carbons (Fsp3) is 0.417. The van der Waals surface area contributed by atoms with Crippen LogP contribution in [0.2, 0.25) is 0 Å². The topological polar surface area (TPSA) is 50.9 Å². The molecule has 0 amide bonds. The van der Waals surface area contributed by atoms with Crippen LogP contribution in [0, 0.1) is 5.41 Å². The van der Waals surface area contributed by atoms with Crippen LogP contribution in [0.15, 0.2) is 17.6 Å². The Morgan fingerprint density at radius 2 is 2.31 bits per heavy atom. The van der Waals surface area contributed by atoms with Gasteiger partial charge in [0.1, 0.15) is 5.52 Å². The second kappa shape index (κ2) is 3.35. The largest absolute Gasteiger partial charge is 0.395 e. The molecule has 84 valence electrons. The molecule has 1 aromatic heterocycles. The summed E-state index contributed by atoms with van der Waals surface area (Å²) in [6, 6.07) is 4.14. The first kappa shape index (κ1) is 9.90. The minimum Gasteiger partial charge on any atom is -0.395 e. The lowest BCUT2D eigenvalue weighted by Crippen LogP contribution is -2.12. The van der Waals surface area contributed by atoms with Gasteiger partial charge in [-0.1, -0.05) is 6.92 Å². The molecule has 16 heavy (non-hydrogen) atoms. The van der Waals surface area contributed by atoms with Gasteiger partial charge in [0.05, 0.1) is 21.6 Å². The van der Waals surface area contributed by atoms with Gasteiger partial charge in [-0.15, -0.1) is 11.3 Å². The van der Waals surface area contributed by atoms with E-state index < -0.39 is 0 Å². The van der Waals surface area contributed by atoms with E-state index in [4.69, 9.17) is 5.73 Å². The molecule has 0 unspecified atom stereocenters. The quantitative estimate of drug-likeness (QED) is 0.801. The van der Waals surface area contributed by atoms with Gasteiger partial charge in [0.25, 0.3) is 0 Å². The Balaban J connectivity index is 1.88. The van der Waals surface area contributed by atoms with Crippen LogP contribution in [-0.2, 0) is 0 Å². The molecule has 3 rings (SSSR count). The molecule has 0 radical (unpaired) electrons. The highest BCUT2D eigenvalue weighted by molar-refractivity contribution is 7.16. The summed E-state index contributed by atoms with van der Waals surface area (Å²) < 4.78 is 1.15. The predicted octanol–water partition coefficient (Wildman–Crippen LogP) is 3.09. The number of fused-ring (bicyclic) bond motifs is 1. The Morgan fingerprint density at radius 3 is 3.06 bits per heavy atom. The Labute approximate surface area is 98.7 Å². The summed E-state index contributed by atoms with van der Waals surface area (Å²) in [4.78, 5) is 4.29. The van der Waals surface area contributed by atoms with Crippen molar-refractivity contribution in [1.29, 1.82) is 0 Å². The highest BCUT2D eigenvalue weighted by Gasteiger charge is 2.36. The molecule has 3 nitrogen and oxygen atoms in total. The maximum atomic E-state index is 6.09. The molecule has 4 heteroatoms. The van der Waals surface area contributed by atoms with Crippen molar-refractivity contribution >= 4 is 32.9 Å². The smallest absolute Gasteiger partial charge is 0.106 e. The minimum atomic E-state index is 0.490. The van der Waals surface area contributed by atoms with Crippen molar-refractivity contribution in [2.24, 2.45) is 5.41 Å². The van der Waals surface area contributed by atoms with Crippen molar-refractivity contribution in [2.75, 3.05) is 17.6 Å². The number of nitrogens with two attached hydrogens (primary N) is 1. The number of aromatic nitrogens is 1. The van der Waals surface area contributed by atoms with Gasteiger partial charge >= 0.3 is 0 Å². The maximum absolute atomic E-state index is 6.09. The zero-order chi connectivity index (χ0) is 11.2. The first-order valence-electron chi connectivity index (χ1n) is 5.54. The molecule has 0 aliphatic heterocycles. The van der Waals surface area contributed by atoms with E-state index in [1.165, 1.54) is 12.8 Å². The third-order valence-corrected chi connectivity index (χ3v) is 4.14. The normalized spacial score (nSPS) is 17.6. The first-order valence-corrected chi connectivity index (χ1v) is 6.41. The van der Waals surface area contributed by atoms with Crippen LogP contribution in [-0.4, -0.2) is 11.5 Å². The Hall–Kier alpha value is -1.29. The van der Waals surface area contributed by atoms with Crippen LogP contribution in [0.1, 0.15) is 19.8 Å². The number of anilines is 2. The number of nitrogens with zero attached hydrogens (tertiary/aromatic N) is 1. The fourth-order valence-corrected chi connectivity index (χ4v) is 2.50. The summed E-state index contributed by atoms with van der Waals surface area (Å²) in [6.45, 7) is 3.31. The van der Waals surface area contributed by atoms with E-state index in [1.807, 2.05) is 5.51 Å². The number of thiazole rings is 1. The number of hydrogen-bond acceptors (Lipinski definition) is 4. The number of benzene rings is 1. The SMILES string of the molecule is CC1(CNc2ccc3scnc3c2N)CC1. The van der Waals surface area contributed by atoms with Crippen LogP contribution < -0.4 is 11.1 Å². The van der Waals surface area contributed by atoms with Gasteiger partial charge in [-0.3, -0.25) is 0 Å². The van der Waals surface area contributed by atoms with Crippen LogP contribution in [0.3, 0.4) is 0 Å². The Morgan fingerprint density at radius 1 is 1.50 bits per heavy atom. The highest BCUT2D eigenvalue weighted by Crippen LogP contribution is 2.45. The minimum absolute atomic E-state index is 0.490. The van der Waals surface area contributed by atoms with Crippen LogP contribution >= 0.6 is 11.3 Å². The summed E-state index contributed by atoms with van der Waals surface area (Å²) in [5.74, 6) is 0. The molecule has 3 N–H and O–H groups in total. The lowest BCUT2D eigenvalue weighted by molar-refractivity contribution is 0.611. The number of rotatable bonds is 3. The fourth-order valence-electron chi connectivity index (χ4n) is 1.81. The number of nitrogen functional groups attached to an aromatic ring is 1. The third kappa shape index (κ3) is 1.63. The van der Waals surface area contributed by atoms with E-state index >= 15 is 0 Å². The summed E-state index contributed by atoms with van der Waals surface area (Å²) >= 11 is 1.63. The molecule has 1 fully saturated rings. The molecule has 1 aliphatic carbocycles. The summed E-state index contributed by atoms with van der Waals surface area (Å²) in [7, 11) is 0. The van der Waals surface area contributed by atoms with Crippen molar-refractivity contribution in [1.82, 2.24) is 4.98 Å². The Kier molecular flexibility index (Phi) is 2.07. The molecule has 0 atom stereocenters. The molecule has 1 aliphatic rings. The molecule has 1 heterocycles. The van der Waals surface area contributed by atoms with Gasteiger partial charge in [-0.25, -0.2) is 4.98 Å². The van der Waals surface area contributed by atoms with E-state index in [0.717, 1.165) is 28.1 Å². The zero-order valence-electron chi connectivity index (χ0n) is 9.29. The average molecular weight is 233 g/mol. The Bertz CT molecular complexity index is 528. The molecule has 0 saturated heterocycles. The monoisotopic (exact) mass is 233 g/mol. The lowest BCUT2D eigenvalue weighted by atomic mass is 10.1. The standard InChI is InChI=1S/C12H15N3S/c1-12(4-5-12)6-14-8-2-3-9-11(10(8)13)15-7-16-9/h2-3,7,14H,4-6,13H2,1H3. The molecule has 1 saturated carbocycles. The summed E-state index contributed by atoms with van der Waals surface area (Å²) in [5.41, 5.74) is 11.2. The summed E-state index contributed by atoms with van der Waals surface area (Å²) in [6.07, 6.45) is 2.64. The average Bonchev–Trinajstić information content (AvgIpc) is 2.81. The van der Waals surface area contributed by atoms with E-state index in [9.17, 15) is 0 Å². The first-order chi connectivity index (χ1) is 7.68. The molecule has 0 bridgehead atoms. The van der Waals surface area contributed by atoms with Gasteiger partial charge in [0, 0.05) is 6.54 Å². The number of hydrogen-bond donors (Lipinski definition) is 2. The van der Waals surface area contributed by atoms with Gasteiger partial charge in [0.2, 0.25) is 0 Å². The third-order valence-electron chi connectivity index (χ3n) is 3.35. The number of nitrogens with one attached hydrogen (secondary N) is 1. The van der Waals surface area contributed by atoms with E-state index in [-0.39, 0.29) is 0 Å². The van der Waals surface area contributed by atoms with E-state index in [1.54, 1.807) is 11.3 Å². The van der Waals surface area contributed by atoms with Crippen LogP contribution in [0.5, 0.6) is 0 Å². The van der Waals surface area contributed by atoms with Crippen molar-refractivity contribution in [3.05, 3.63) is 17.6 Å². The maximum Gasteiger partial charge on any atom is 0.106 e. The van der Waals surface area contributed by atoms with Gasteiger partial charge < -0.3 is 11.1 Å². The lowest BCUT2D eigenvalue weighted by Gasteiger charge is -2.13. The van der Waals surface area contributed by atoms with Crippen LogP contribution in [0.4, 0.5) is 11.4 Å². The van der Waals surface area contributed by atoms with E-state index in [0.29, 0.717) is 5.41 Å². The van der Waals surface area contributed by atoms with Crippen molar-refractivity contribution in [3.8, 4) is 0 Å². The summed E-state index contributed by atoms with van der Waals surface area (Å²) in [5, 5.41) is 3.44.